The SMILES string of the molecule is CC.CC(C)c1cccc(OC(F)(F)F)c1. The van der Waals surface area contributed by atoms with E-state index in [9.17, 15) is 13.2 Å². The number of rotatable bonds is 2. The molecule has 0 saturated carbocycles. The fraction of sp³-hybridized carbons (Fsp3) is 0.500. The maximum Gasteiger partial charge on any atom is 0.573 e. The molecule has 0 unspecified atom stereocenters. The van der Waals surface area contributed by atoms with Crippen LogP contribution in [0.15, 0.2) is 24.3 Å². The third kappa shape index (κ3) is 5.63. The van der Waals surface area contributed by atoms with Crippen LogP contribution in [0.2, 0.25) is 0 Å². The number of ether oxygens (including phenoxy) is 1. The Hall–Kier alpha value is -1.19. The predicted octanol–water partition coefficient (Wildman–Crippen LogP) is 4.73. The number of halogens is 3. The number of hydrogen-bond acceptors (Lipinski definition) is 1. The van der Waals surface area contributed by atoms with Crippen LogP contribution in [-0.2, 0) is 0 Å². The second-order valence-electron chi connectivity index (χ2n) is 3.27. The second-order valence-corrected chi connectivity index (χ2v) is 3.27. The van der Waals surface area contributed by atoms with Gasteiger partial charge in [-0.15, -0.1) is 13.2 Å². The number of hydrogen-bond donors (Lipinski definition) is 0. The molecule has 0 saturated heterocycles. The van der Waals surface area contributed by atoms with Crippen molar-refractivity contribution < 1.29 is 17.9 Å². The standard InChI is InChI=1S/C10H11F3O.C2H6/c1-7(2)8-4-3-5-9(6-8)14-10(11,12)13;1-2/h3-7H,1-2H3;1-2H3. The lowest BCUT2D eigenvalue weighted by Crippen LogP contribution is -2.17. The van der Waals surface area contributed by atoms with E-state index in [-0.39, 0.29) is 11.7 Å². The molecule has 0 spiro atoms. The van der Waals surface area contributed by atoms with Gasteiger partial charge in [0.05, 0.1) is 0 Å². The van der Waals surface area contributed by atoms with Gasteiger partial charge in [-0.1, -0.05) is 39.8 Å². The van der Waals surface area contributed by atoms with Crippen molar-refractivity contribution in [2.24, 2.45) is 0 Å². The summed E-state index contributed by atoms with van der Waals surface area (Å²) in [6.07, 6.45) is -4.62. The summed E-state index contributed by atoms with van der Waals surface area (Å²) in [5, 5.41) is 0. The lowest BCUT2D eigenvalue weighted by Gasteiger charge is -2.11. The summed E-state index contributed by atoms with van der Waals surface area (Å²) in [4.78, 5) is 0. The Bertz CT molecular complexity index is 305. The first kappa shape index (κ1) is 14.8. The normalized spacial score (nSPS) is 10.8. The molecule has 0 N–H and O–H groups in total. The molecule has 0 aromatic heterocycles. The average molecular weight is 234 g/mol. The van der Waals surface area contributed by atoms with Gasteiger partial charge in [0, 0.05) is 0 Å². The van der Waals surface area contributed by atoms with Crippen molar-refractivity contribution in [2.45, 2.75) is 40.0 Å². The number of benzene rings is 1. The van der Waals surface area contributed by atoms with Gasteiger partial charge in [0.2, 0.25) is 0 Å². The molecule has 0 heterocycles. The minimum Gasteiger partial charge on any atom is -0.406 e. The first-order chi connectivity index (χ1) is 7.38. The highest BCUT2D eigenvalue weighted by Crippen LogP contribution is 2.25. The van der Waals surface area contributed by atoms with Crippen molar-refractivity contribution in [3.05, 3.63) is 29.8 Å². The molecule has 0 radical (unpaired) electrons. The summed E-state index contributed by atoms with van der Waals surface area (Å²) >= 11 is 0. The highest BCUT2D eigenvalue weighted by Gasteiger charge is 2.31. The van der Waals surface area contributed by atoms with Crippen molar-refractivity contribution in [3.8, 4) is 5.75 Å². The Kier molecular flexibility index (Phi) is 5.93. The van der Waals surface area contributed by atoms with E-state index in [1.165, 1.54) is 12.1 Å². The zero-order valence-electron chi connectivity index (χ0n) is 9.93. The van der Waals surface area contributed by atoms with Crippen LogP contribution in [0.5, 0.6) is 5.75 Å². The lowest BCUT2D eigenvalue weighted by atomic mass is 10.0. The predicted molar refractivity (Wildman–Crippen MR) is 58.6 cm³/mol. The molecule has 4 heteroatoms. The molecule has 0 aliphatic carbocycles. The van der Waals surface area contributed by atoms with Crippen molar-refractivity contribution >= 4 is 0 Å². The molecular weight excluding hydrogens is 217 g/mol. The monoisotopic (exact) mass is 234 g/mol. The van der Waals surface area contributed by atoms with Gasteiger partial charge in [-0.3, -0.25) is 0 Å². The summed E-state index contributed by atoms with van der Waals surface area (Å²) in [6, 6.07) is 6.02. The van der Waals surface area contributed by atoms with E-state index >= 15 is 0 Å². The molecular formula is C12H17F3O. The minimum atomic E-state index is -4.62. The second kappa shape index (κ2) is 6.40. The third-order valence-electron chi connectivity index (χ3n) is 1.76. The quantitative estimate of drug-likeness (QED) is 0.718. The Labute approximate surface area is 94.2 Å². The van der Waals surface area contributed by atoms with Crippen LogP contribution < -0.4 is 4.74 Å². The van der Waals surface area contributed by atoms with Crippen LogP contribution in [0.25, 0.3) is 0 Å². The van der Waals surface area contributed by atoms with Gasteiger partial charge in [-0.25, -0.2) is 0 Å². The van der Waals surface area contributed by atoms with E-state index in [2.05, 4.69) is 4.74 Å². The summed E-state index contributed by atoms with van der Waals surface area (Å²) in [6.45, 7) is 7.82. The zero-order chi connectivity index (χ0) is 12.8. The summed E-state index contributed by atoms with van der Waals surface area (Å²) in [7, 11) is 0. The molecule has 0 fully saturated rings. The molecule has 0 atom stereocenters. The van der Waals surface area contributed by atoms with Gasteiger partial charge in [-0.05, 0) is 23.6 Å². The molecule has 0 aliphatic rings. The van der Waals surface area contributed by atoms with Crippen molar-refractivity contribution in [1.82, 2.24) is 0 Å². The molecule has 1 nitrogen and oxygen atoms in total. The van der Waals surface area contributed by atoms with Gasteiger partial charge in [0.1, 0.15) is 5.75 Å². The molecule has 0 bridgehead atoms. The largest absolute Gasteiger partial charge is 0.573 e. The van der Waals surface area contributed by atoms with Crippen LogP contribution >= 0.6 is 0 Å². The van der Waals surface area contributed by atoms with Crippen LogP contribution in [0.1, 0.15) is 39.2 Å². The van der Waals surface area contributed by atoms with Crippen molar-refractivity contribution in [1.29, 1.82) is 0 Å². The Balaban J connectivity index is 0.00000106. The molecule has 1 aromatic carbocycles. The Morgan fingerprint density at radius 3 is 2.12 bits per heavy atom. The van der Waals surface area contributed by atoms with E-state index in [0.717, 1.165) is 5.56 Å². The average Bonchev–Trinajstić information content (AvgIpc) is 2.18. The smallest absolute Gasteiger partial charge is 0.406 e. The maximum absolute atomic E-state index is 11.9. The van der Waals surface area contributed by atoms with Crippen LogP contribution in [0.4, 0.5) is 13.2 Å². The fourth-order valence-electron chi connectivity index (χ4n) is 1.07. The van der Waals surface area contributed by atoms with Gasteiger partial charge >= 0.3 is 6.36 Å². The van der Waals surface area contributed by atoms with E-state index in [1.807, 2.05) is 27.7 Å². The Morgan fingerprint density at radius 1 is 1.12 bits per heavy atom. The third-order valence-corrected chi connectivity index (χ3v) is 1.76. The summed E-state index contributed by atoms with van der Waals surface area (Å²) in [5.74, 6) is 0.0236. The van der Waals surface area contributed by atoms with Crippen LogP contribution in [0, 0.1) is 0 Å². The number of alkyl halides is 3. The molecule has 1 rings (SSSR count). The summed E-state index contributed by atoms with van der Waals surface area (Å²) < 4.78 is 39.3. The molecule has 0 aliphatic heterocycles. The van der Waals surface area contributed by atoms with E-state index in [1.54, 1.807) is 12.1 Å². The fourth-order valence-corrected chi connectivity index (χ4v) is 1.07. The van der Waals surface area contributed by atoms with Gasteiger partial charge in [0.25, 0.3) is 0 Å². The van der Waals surface area contributed by atoms with Crippen LogP contribution in [-0.4, -0.2) is 6.36 Å². The van der Waals surface area contributed by atoms with Crippen molar-refractivity contribution in [3.63, 3.8) is 0 Å². The first-order valence-electron chi connectivity index (χ1n) is 5.24. The molecule has 16 heavy (non-hydrogen) atoms. The van der Waals surface area contributed by atoms with Crippen LogP contribution in [0.3, 0.4) is 0 Å². The van der Waals surface area contributed by atoms with E-state index in [0.29, 0.717) is 0 Å². The highest BCUT2D eigenvalue weighted by molar-refractivity contribution is 5.30. The highest BCUT2D eigenvalue weighted by atomic mass is 19.4. The maximum atomic E-state index is 11.9. The Morgan fingerprint density at radius 2 is 1.69 bits per heavy atom. The molecule has 0 amide bonds. The van der Waals surface area contributed by atoms with E-state index in [4.69, 9.17) is 0 Å². The van der Waals surface area contributed by atoms with Gasteiger partial charge in [-0.2, -0.15) is 0 Å². The van der Waals surface area contributed by atoms with Gasteiger partial charge < -0.3 is 4.74 Å². The van der Waals surface area contributed by atoms with E-state index < -0.39 is 6.36 Å². The molecule has 1 aromatic rings. The molecule has 92 valence electrons. The first-order valence-corrected chi connectivity index (χ1v) is 5.24. The lowest BCUT2D eigenvalue weighted by molar-refractivity contribution is -0.274. The topological polar surface area (TPSA) is 9.23 Å². The summed E-state index contributed by atoms with van der Waals surface area (Å²) in [5.41, 5.74) is 0.826. The van der Waals surface area contributed by atoms with Crippen molar-refractivity contribution in [2.75, 3.05) is 0 Å². The minimum absolute atomic E-state index is 0.163. The zero-order valence-corrected chi connectivity index (χ0v) is 9.93. The van der Waals surface area contributed by atoms with Gasteiger partial charge in [0.15, 0.2) is 0 Å².